The summed E-state index contributed by atoms with van der Waals surface area (Å²) >= 11 is 3.26. The highest BCUT2D eigenvalue weighted by Gasteiger charge is 2.07. The maximum atomic E-state index is 11.5. The van der Waals surface area contributed by atoms with Crippen molar-refractivity contribution in [1.29, 1.82) is 0 Å². The van der Waals surface area contributed by atoms with Gasteiger partial charge in [-0.05, 0) is 24.1 Å². The number of ether oxygens (including phenoxy) is 1. The van der Waals surface area contributed by atoms with E-state index in [0.717, 1.165) is 4.47 Å². The number of nitrogens with one attached hydrogen (secondary N) is 1. The van der Waals surface area contributed by atoms with Crippen molar-refractivity contribution >= 4 is 28.1 Å². The Labute approximate surface area is 115 Å². The summed E-state index contributed by atoms with van der Waals surface area (Å²) in [6.45, 7) is 4.55. The number of benzene rings is 1. The highest BCUT2D eigenvalue weighted by molar-refractivity contribution is 9.10. The Balaban J connectivity index is 2.53. The summed E-state index contributed by atoms with van der Waals surface area (Å²) in [6.07, 6.45) is 0.701. The van der Waals surface area contributed by atoms with Crippen LogP contribution in [-0.2, 0) is 4.79 Å². The van der Waals surface area contributed by atoms with E-state index >= 15 is 0 Å². The number of hydrogen-bond acceptors (Lipinski definition) is 3. The van der Waals surface area contributed by atoms with E-state index in [1.165, 1.54) is 0 Å². The number of aldehydes is 1. The van der Waals surface area contributed by atoms with Crippen LogP contribution in [0.15, 0.2) is 22.7 Å². The maximum Gasteiger partial charge on any atom is 0.257 e. The van der Waals surface area contributed by atoms with Crippen LogP contribution in [0.3, 0.4) is 0 Å². The van der Waals surface area contributed by atoms with Crippen molar-refractivity contribution in [3.63, 3.8) is 0 Å². The van der Waals surface area contributed by atoms with E-state index < -0.39 is 0 Å². The molecule has 0 atom stereocenters. The van der Waals surface area contributed by atoms with Gasteiger partial charge in [0.15, 0.2) is 12.9 Å². The monoisotopic (exact) mass is 313 g/mol. The summed E-state index contributed by atoms with van der Waals surface area (Å²) in [6, 6.07) is 5.06. The lowest BCUT2D eigenvalue weighted by Crippen LogP contribution is -2.31. The molecule has 0 bridgehead atoms. The second kappa shape index (κ2) is 7.16. The average molecular weight is 314 g/mol. The molecule has 0 saturated carbocycles. The van der Waals surface area contributed by atoms with Crippen LogP contribution in [0.4, 0.5) is 0 Å². The van der Waals surface area contributed by atoms with E-state index in [0.29, 0.717) is 30.1 Å². The number of carbonyl (C=O) groups is 2. The molecule has 0 spiro atoms. The zero-order chi connectivity index (χ0) is 13.5. The molecule has 1 rings (SSSR count). The van der Waals surface area contributed by atoms with Gasteiger partial charge >= 0.3 is 0 Å². The van der Waals surface area contributed by atoms with Crippen LogP contribution in [-0.4, -0.2) is 25.3 Å². The third kappa shape index (κ3) is 4.87. The van der Waals surface area contributed by atoms with Crippen LogP contribution in [0.2, 0.25) is 0 Å². The Morgan fingerprint density at radius 3 is 2.83 bits per heavy atom. The van der Waals surface area contributed by atoms with Crippen molar-refractivity contribution in [2.24, 2.45) is 5.92 Å². The third-order valence-corrected chi connectivity index (χ3v) is 2.66. The molecule has 0 unspecified atom stereocenters. The largest absolute Gasteiger partial charge is 0.483 e. The number of hydrogen-bond donors (Lipinski definition) is 1. The molecule has 0 saturated heterocycles. The molecule has 5 heteroatoms. The minimum atomic E-state index is -0.191. The fourth-order valence-electron chi connectivity index (χ4n) is 1.26. The number of rotatable bonds is 6. The van der Waals surface area contributed by atoms with Crippen LogP contribution in [0.1, 0.15) is 24.2 Å². The van der Waals surface area contributed by atoms with Gasteiger partial charge in [-0.2, -0.15) is 0 Å². The van der Waals surface area contributed by atoms with E-state index in [1.807, 2.05) is 13.8 Å². The standard InChI is InChI=1S/C13H16BrNO3/c1-9(2)6-15-13(17)8-18-12-4-3-11(14)5-10(12)7-16/h3-5,7,9H,6,8H2,1-2H3,(H,15,17). The Hall–Kier alpha value is -1.36. The zero-order valence-electron chi connectivity index (χ0n) is 10.4. The summed E-state index contributed by atoms with van der Waals surface area (Å²) < 4.78 is 6.11. The van der Waals surface area contributed by atoms with E-state index in [9.17, 15) is 9.59 Å². The Bertz CT molecular complexity index is 432. The highest BCUT2D eigenvalue weighted by atomic mass is 79.9. The molecular formula is C13H16BrNO3. The molecular weight excluding hydrogens is 298 g/mol. The van der Waals surface area contributed by atoms with E-state index in [4.69, 9.17) is 4.74 Å². The zero-order valence-corrected chi connectivity index (χ0v) is 12.0. The molecule has 0 aliphatic rings. The smallest absolute Gasteiger partial charge is 0.257 e. The fourth-order valence-corrected chi connectivity index (χ4v) is 1.63. The Kier molecular flexibility index (Phi) is 5.85. The van der Waals surface area contributed by atoms with Gasteiger partial charge in [-0.1, -0.05) is 29.8 Å². The van der Waals surface area contributed by atoms with E-state index in [2.05, 4.69) is 21.2 Å². The minimum Gasteiger partial charge on any atom is -0.483 e. The first kappa shape index (κ1) is 14.7. The SMILES string of the molecule is CC(C)CNC(=O)COc1ccc(Br)cc1C=O. The normalized spacial score (nSPS) is 10.2. The van der Waals surface area contributed by atoms with Crippen LogP contribution in [0.5, 0.6) is 5.75 Å². The number of amides is 1. The maximum absolute atomic E-state index is 11.5. The third-order valence-electron chi connectivity index (χ3n) is 2.17. The van der Waals surface area contributed by atoms with Crippen LogP contribution in [0.25, 0.3) is 0 Å². The molecule has 0 aliphatic heterocycles. The van der Waals surface area contributed by atoms with Gasteiger partial charge < -0.3 is 10.1 Å². The van der Waals surface area contributed by atoms with Crippen molar-refractivity contribution in [2.45, 2.75) is 13.8 Å². The van der Waals surface area contributed by atoms with Gasteiger partial charge in [0, 0.05) is 11.0 Å². The van der Waals surface area contributed by atoms with Crippen LogP contribution in [0, 0.1) is 5.92 Å². The second-order valence-electron chi connectivity index (χ2n) is 4.29. The molecule has 0 aromatic heterocycles. The quantitative estimate of drug-likeness (QED) is 0.821. The lowest BCUT2D eigenvalue weighted by atomic mass is 10.2. The molecule has 18 heavy (non-hydrogen) atoms. The molecule has 0 radical (unpaired) electrons. The van der Waals surface area contributed by atoms with Crippen molar-refractivity contribution in [2.75, 3.05) is 13.2 Å². The average Bonchev–Trinajstić information content (AvgIpc) is 2.34. The molecule has 0 fully saturated rings. The molecule has 0 heterocycles. The van der Waals surface area contributed by atoms with E-state index in [-0.39, 0.29) is 12.5 Å². The van der Waals surface area contributed by atoms with Gasteiger partial charge in [0.1, 0.15) is 5.75 Å². The van der Waals surface area contributed by atoms with Gasteiger partial charge in [0.2, 0.25) is 0 Å². The van der Waals surface area contributed by atoms with Crippen molar-refractivity contribution in [1.82, 2.24) is 5.32 Å². The molecule has 1 amide bonds. The van der Waals surface area contributed by atoms with Crippen LogP contribution < -0.4 is 10.1 Å². The minimum absolute atomic E-state index is 0.0881. The van der Waals surface area contributed by atoms with Gasteiger partial charge in [-0.3, -0.25) is 9.59 Å². The molecule has 4 nitrogen and oxygen atoms in total. The summed E-state index contributed by atoms with van der Waals surface area (Å²) in [5.41, 5.74) is 0.418. The lowest BCUT2D eigenvalue weighted by Gasteiger charge is -2.10. The lowest BCUT2D eigenvalue weighted by molar-refractivity contribution is -0.123. The van der Waals surface area contributed by atoms with Gasteiger partial charge in [0.05, 0.1) is 5.56 Å². The van der Waals surface area contributed by atoms with Crippen molar-refractivity contribution in [3.8, 4) is 5.75 Å². The number of carbonyl (C=O) groups excluding carboxylic acids is 2. The summed E-state index contributed by atoms with van der Waals surface area (Å²) in [7, 11) is 0. The Morgan fingerprint density at radius 1 is 1.50 bits per heavy atom. The predicted molar refractivity (Wildman–Crippen MR) is 72.9 cm³/mol. The number of halogens is 1. The molecule has 0 aliphatic carbocycles. The molecule has 1 N–H and O–H groups in total. The second-order valence-corrected chi connectivity index (χ2v) is 5.20. The summed E-state index contributed by atoms with van der Waals surface area (Å²) in [5, 5.41) is 2.74. The predicted octanol–water partition coefficient (Wildman–Crippen LogP) is 2.41. The van der Waals surface area contributed by atoms with Crippen LogP contribution >= 0.6 is 15.9 Å². The first-order valence-corrected chi connectivity index (χ1v) is 6.46. The van der Waals surface area contributed by atoms with Gasteiger partial charge in [-0.15, -0.1) is 0 Å². The summed E-state index contributed by atoms with van der Waals surface area (Å²) in [5.74, 6) is 0.614. The molecule has 98 valence electrons. The fraction of sp³-hybridized carbons (Fsp3) is 0.385. The first-order valence-electron chi connectivity index (χ1n) is 5.67. The Morgan fingerprint density at radius 2 is 2.22 bits per heavy atom. The van der Waals surface area contributed by atoms with Gasteiger partial charge in [-0.25, -0.2) is 0 Å². The first-order chi connectivity index (χ1) is 8.52. The highest BCUT2D eigenvalue weighted by Crippen LogP contribution is 2.21. The topological polar surface area (TPSA) is 55.4 Å². The molecule has 1 aromatic rings. The summed E-state index contributed by atoms with van der Waals surface area (Å²) in [4.78, 5) is 22.3. The molecule has 1 aromatic carbocycles. The van der Waals surface area contributed by atoms with Crippen molar-refractivity contribution < 1.29 is 14.3 Å². The van der Waals surface area contributed by atoms with Crippen molar-refractivity contribution in [3.05, 3.63) is 28.2 Å². The van der Waals surface area contributed by atoms with E-state index in [1.54, 1.807) is 18.2 Å². The van der Waals surface area contributed by atoms with Gasteiger partial charge in [0.25, 0.3) is 5.91 Å².